The van der Waals surface area contributed by atoms with Crippen LogP contribution in [0.4, 0.5) is 0 Å². The van der Waals surface area contributed by atoms with E-state index in [4.69, 9.17) is 5.73 Å². The van der Waals surface area contributed by atoms with Crippen LogP contribution in [0.3, 0.4) is 0 Å². The van der Waals surface area contributed by atoms with Gasteiger partial charge in [-0.25, -0.2) is 0 Å². The summed E-state index contributed by atoms with van der Waals surface area (Å²) in [7, 11) is 1.94. The molecule has 4 heteroatoms. The van der Waals surface area contributed by atoms with Crippen LogP contribution in [-0.4, -0.2) is 21.4 Å². The molecule has 2 rings (SSSR count). The minimum atomic E-state index is -0.512. The van der Waals surface area contributed by atoms with Crippen molar-refractivity contribution in [1.29, 1.82) is 0 Å². The van der Waals surface area contributed by atoms with Crippen molar-refractivity contribution in [3.63, 3.8) is 0 Å². The van der Waals surface area contributed by atoms with Crippen molar-refractivity contribution >= 4 is 5.78 Å². The van der Waals surface area contributed by atoms with Gasteiger partial charge in [0.1, 0.15) is 0 Å². The van der Waals surface area contributed by atoms with E-state index < -0.39 is 6.04 Å². The second kappa shape index (κ2) is 4.93. The molecule has 1 atom stereocenters. The van der Waals surface area contributed by atoms with Crippen molar-refractivity contribution < 1.29 is 4.79 Å². The topological polar surface area (TPSA) is 60.9 Å². The minimum absolute atomic E-state index is 0.0676. The summed E-state index contributed by atoms with van der Waals surface area (Å²) in [4.78, 5) is 15.9. The molecular weight excluding hydrogens is 214 g/mol. The minimum Gasteiger partial charge on any atom is -0.357 e. The van der Waals surface area contributed by atoms with Gasteiger partial charge in [-0.15, -0.1) is 0 Å². The Hall–Kier alpha value is -1.94. The van der Waals surface area contributed by atoms with Crippen molar-refractivity contribution in [3.05, 3.63) is 54.1 Å². The Bertz CT molecular complexity index is 504. The van der Waals surface area contributed by atoms with E-state index in [0.29, 0.717) is 12.0 Å². The van der Waals surface area contributed by atoms with E-state index in [1.54, 1.807) is 24.5 Å². The highest BCUT2D eigenvalue weighted by molar-refractivity contribution is 5.99. The van der Waals surface area contributed by atoms with Gasteiger partial charge >= 0.3 is 0 Å². The SMILES string of the molecule is Cn1ccc(CC(N)C(=O)c2cccnc2)c1. The molecule has 0 aromatic carbocycles. The van der Waals surface area contributed by atoms with Crippen LogP contribution in [0.2, 0.25) is 0 Å². The van der Waals surface area contributed by atoms with Crippen molar-refractivity contribution in [2.75, 3.05) is 0 Å². The highest BCUT2D eigenvalue weighted by Crippen LogP contribution is 2.07. The van der Waals surface area contributed by atoms with Gasteiger partial charge in [-0.05, 0) is 30.2 Å². The highest BCUT2D eigenvalue weighted by Gasteiger charge is 2.16. The summed E-state index contributed by atoms with van der Waals surface area (Å²) in [5, 5.41) is 0. The molecule has 1 unspecified atom stereocenters. The number of aryl methyl sites for hydroxylation is 1. The Balaban J connectivity index is 2.06. The fraction of sp³-hybridized carbons (Fsp3) is 0.231. The van der Waals surface area contributed by atoms with Gasteiger partial charge in [0.05, 0.1) is 6.04 Å². The summed E-state index contributed by atoms with van der Waals surface area (Å²) in [6.45, 7) is 0. The Morgan fingerprint density at radius 1 is 1.53 bits per heavy atom. The first-order valence-electron chi connectivity index (χ1n) is 5.47. The van der Waals surface area contributed by atoms with Gasteiger partial charge in [-0.1, -0.05) is 0 Å². The van der Waals surface area contributed by atoms with Crippen molar-refractivity contribution in [3.8, 4) is 0 Å². The second-order valence-corrected chi connectivity index (χ2v) is 4.10. The van der Waals surface area contributed by atoms with E-state index in [-0.39, 0.29) is 5.78 Å². The van der Waals surface area contributed by atoms with Gasteiger partial charge in [0, 0.05) is 37.4 Å². The maximum atomic E-state index is 12.0. The maximum Gasteiger partial charge on any atom is 0.181 e. The summed E-state index contributed by atoms with van der Waals surface area (Å²) in [5.41, 5.74) is 7.54. The lowest BCUT2D eigenvalue weighted by molar-refractivity contribution is 0.0960. The molecule has 0 spiro atoms. The molecule has 88 valence electrons. The standard InChI is InChI=1S/C13H15N3O/c1-16-6-4-10(9-16)7-12(14)13(17)11-3-2-5-15-8-11/h2-6,8-9,12H,7,14H2,1H3. The average molecular weight is 229 g/mol. The lowest BCUT2D eigenvalue weighted by Crippen LogP contribution is -2.32. The number of ketones is 1. The van der Waals surface area contributed by atoms with Gasteiger partial charge in [-0.2, -0.15) is 0 Å². The summed E-state index contributed by atoms with van der Waals surface area (Å²) < 4.78 is 1.94. The van der Waals surface area contributed by atoms with Gasteiger partial charge in [0.2, 0.25) is 0 Å². The van der Waals surface area contributed by atoms with Crippen molar-refractivity contribution in [2.45, 2.75) is 12.5 Å². The zero-order valence-corrected chi connectivity index (χ0v) is 9.71. The molecule has 0 saturated carbocycles. The van der Waals surface area contributed by atoms with Crippen LogP contribution in [0, 0.1) is 0 Å². The lowest BCUT2D eigenvalue weighted by atomic mass is 10.0. The second-order valence-electron chi connectivity index (χ2n) is 4.10. The van der Waals surface area contributed by atoms with Crippen LogP contribution in [0.25, 0.3) is 0 Å². The zero-order chi connectivity index (χ0) is 12.3. The number of nitrogens with two attached hydrogens (primary N) is 1. The van der Waals surface area contributed by atoms with Gasteiger partial charge in [0.25, 0.3) is 0 Å². The fourth-order valence-electron chi connectivity index (χ4n) is 1.75. The van der Waals surface area contributed by atoms with Crippen LogP contribution in [-0.2, 0) is 13.5 Å². The number of hydrogen-bond donors (Lipinski definition) is 1. The van der Waals surface area contributed by atoms with Crippen LogP contribution < -0.4 is 5.73 Å². The first-order valence-corrected chi connectivity index (χ1v) is 5.47. The molecule has 0 fully saturated rings. The van der Waals surface area contributed by atoms with E-state index in [1.807, 2.05) is 30.1 Å². The zero-order valence-electron chi connectivity index (χ0n) is 9.71. The van der Waals surface area contributed by atoms with Crippen LogP contribution in [0.1, 0.15) is 15.9 Å². The van der Waals surface area contributed by atoms with Gasteiger partial charge in [0.15, 0.2) is 5.78 Å². The molecule has 0 saturated heterocycles. The molecule has 0 bridgehead atoms. The number of nitrogens with zero attached hydrogens (tertiary/aromatic N) is 2. The third-order valence-electron chi connectivity index (χ3n) is 2.63. The first kappa shape index (κ1) is 11.5. The number of Topliss-reactive ketones (excluding diaryl/α,β-unsaturated/α-hetero) is 1. The van der Waals surface area contributed by atoms with E-state index in [9.17, 15) is 4.79 Å². The molecule has 0 aliphatic rings. The summed E-state index contributed by atoms with van der Waals surface area (Å²) >= 11 is 0. The number of carbonyl (C=O) groups excluding carboxylic acids is 1. The maximum absolute atomic E-state index is 12.0. The molecule has 4 nitrogen and oxygen atoms in total. The van der Waals surface area contributed by atoms with Crippen molar-refractivity contribution in [2.24, 2.45) is 12.8 Å². The Kier molecular flexibility index (Phi) is 3.35. The molecule has 0 aliphatic carbocycles. The van der Waals surface area contributed by atoms with Crippen LogP contribution in [0.15, 0.2) is 43.0 Å². The summed E-state index contributed by atoms with van der Waals surface area (Å²) in [6, 6.07) is 4.93. The molecule has 0 radical (unpaired) electrons. The molecule has 2 aromatic rings. The molecule has 0 aliphatic heterocycles. The Morgan fingerprint density at radius 3 is 2.94 bits per heavy atom. The summed E-state index contributed by atoms with van der Waals surface area (Å²) in [5.74, 6) is -0.0676. The summed E-state index contributed by atoms with van der Waals surface area (Å²) in [6.07, 6.45) is 7.65. The largest absolute Gasteiger partial charge is 0.357 e. The third kappa shape index (κ3) is 2.79. The number of carbonyl (C=O) groups is 1. The van der Waals surface area contributed by atoms with Gasteiger partial charge < -0.3 is 10.3 Å². The number of pyridine rings is 1. The number of aromatic nitrogens is 2. The van der Waals surface area contributed by atoms with E-state index in [0.717, 1.165) is 5.56 Å². The Morgan fingerprint density at radius 2 is 2.35 bits per heavy atom. The quantitative estimate of drug-likeness (QED) is 0.801. The lowest BCUT2D eigenvalue weighted by Gasteiger charge is -2.08. The Labute approximate surface area is 100 Å². The van der Waals surface area contributed by atoms with Gasteiger partial charge in [-0.3, -0.25) is 9.78 Å². The average Bonchev–Trinajstić information content (AvgIpc) is 2.75. The molecule has 17 heavy (non-hydrogen) atoms. The number of rotatable bonds is 4. The van der Waals surface area contributed by atoms with E-state index in [2.05, 4.69) is 4.98 Å². The number of hydrogen-bond acceptors (Lipinski definition) is 3. The van der Waals surface area contributed by atoms with Crippen LogP contribution >= 0.6 is 0 Å². The predicted molar refractivity (Wildman–Crippen MR) is 65.7 cm³/mol. The smallest absolute Gasteiger partial charge is 0.181 e. The first-order chi connectivity index (χ1) is 8.16. The van der Waals surface area contributed by atoms with E-state index >= 15 is 0 Å². The highest BCUT2D eigenvalue weighted by atomic mass is 16.1. The van der Waals surface area contributed by atoms with Crippen LogP contribution in [0.5, 0.6) is 0 Å². The molecule has 0 amide bonds. The molecule has 2 heterocycles. The third-order valence-corrected chi connectivity index (χ3v) is 2.63. The van der Waals surface area contributed by atoms with E-state index in [1.165, 1.54) is 0 Å². The van der Waals surface area contributed by atoms with Crippen molar-refractivity contribution in [1.82, 2.24) is 9.55 Å². The molecule has 2 N–H and O–H groups in total. The normalized spacial score (nSPS) is 12.4. The predicted octanol–water partition coefficient (Wildman–Crippen LogP) is 1.17. The molecule has 2 aromatic heterocycles. The fourth-order valence-corrected chi connectivity index (χ4v) is 1.75. The monoisotopic (exact) mass is 229 g/mol. The molecular formula is C13H15N3O.